The van der Waals surface area contributed by atoms with Crippen LogP contribution in [0.2, 0.25) is 0 Å². The molecule has 1 aromatic rings. The summed E-state index contributed by atoms with van der Waals surface area (Å²) in [6, 6.07) is 0. The zero-order chi connectivity index (χ0) is 15.1. The van der Waals surface area contributed by atoms with Gasteiger partial charge in [0.15, 0.2) is 5.16 Å². The monoisotopic (exact) mass is 311 g/mol. The molecule has 2 N–H and O–H groups in total. The Hall–Kier alpha value is -1.01. The molecule has 0 radical (unpaired) electrons. The molecule has 1 fully saturated rings. The molecule has 2 atom stereocenters. The molecule has 0 saturated heterocycles. The maximum Gasteiger partial charge on any atom is 0.326 e. The second-order valence-corrected chi connectivity index (χ2v) is 6.75. The van der Waals surface area contributed by atoms with Gasteiger partial charge in [-0.25, -0.2) is 4.98 Å². The van der Waals surface area contributed by atoms with Gasteiger partial charge in [-0.2, -0.15) is 0 Å². The van der Waals surface area contributed by atoms with Crippen molar-refractivity contribution in [2.24, 2.45) is 0 Å². The number of carbonyl (C=O) groups is 1. The van der Waals surface area contributed by atoms with E-state index in [9.17, 15) is 4.79 Å². The van der Waals surface area contributed by atoms with E-state index in [4.69, 9.17) is 4.74 Å². The van der Waals surface area contributed by atoms with Crippen LogP contribution in [0.25, 0.3) is 0 Å². The number of esters is 1. The van der Waals surface area contributed by atoms with E-state index in [1.165, 1.54) is 0 Å². The Kier molecular flexibility index (Phi) is 6.11. The van der Waals surface area contributed by atoms with Crippen molar-refractivity contribution in [2.75, 3.05) is 13.2 Å². The first-order valence-corrected chi connectivity index (χ1v) is 8.66. The molecule has 1 aliphatic rings. The standard InChI is InChI=1S/C15H25N3O2S/c1-3-8-18-15(13(19)20-4-2)7-5-6-12(11-15)21-14-16-9-10-17-14/h9-10,12,18H,3-8,11H2,1-2H3,(H,16,17). The topological polar surface area (TPSA) is 67.0 Å². The molecule has 0 aliphatic heterocycles. The fourth-order valence-corrected chi connectivity index (χ4v) is 4.08. The molecule has 1 heterocycles. The lowest BCUT2D eigenvalue weighted by Crippen LogP contribution is -2.56. The van der Waals surface area contributed by atoms with E-state index in [2.05, 4.69) is 22.2 Å². The Morgan fingerprint density at radius 2 is 2.48 bits per heavy atom. The van der Waals surface area contributed by atoms with E-state index in [1.54, 1.807) is 18.0 Å². The van der Waals surface area contributed by atoms with Crippen molar-refractivity contribution in [2.45, 2.75) is 61.9 Å². The molecule has 6 heteroatoms. The Bertz CT molecular complexity index is 438. The summed E-state index contributed by atoms with van der Waals surface area (Å²) in [5, 5.41) is 4.77. The maximum absolute atomic E-state index is 12.5. The second kappa shape index (κ2) is 7.84. The van der Waals surface area contributed by atoms with Gasteiger partial charge in [0.1, 0.15) is 5.54 Å². The molecule has 21 heavy (non-hydrogen) atoms. The van der Waals surface area contributed by atoms with Crippen molar-refractivity contribution in [3.63, 3.8) is 0 Å². The van der Waals surface area contributed by atoms with Crippen molar-refractivity contribution >= 4 is 17.7 Å². The molecular weight excluding hydrogens is 286 g/mol. The highest BCUT2D eigenvalue weighted by Crippen LogP contribution is 2.38. The second-order valence-electron chi connectivity index (χ2n) is 5.46. The lowest BCUT2D eigenvalue weighted by Gasteiger charge is -2.39. The first-order chi connectivity index (χ1) is 10.2. The van der Waals surface area contributed by atoms with Crippen LogP contribution in [-0.2, 0) is 9.53 Å². The summed E-state index contributed by atoms with van der Waals surface area (Å²) in [6.07, 6.45) is 8.42. The zero-order valence-corrected chi connectivity index (χ0v) is 13.7. The van der Waals surface area contributed by atoms with Crippen molar-refractivity contribution in [1.29, 1.82) is 0 Å². The molecule has 5 nitrogen and oxygen atoms in total. The van der Waals surface area contributed by atoms with Gasteiger partial charge in [0.05, 0.1) is 6.61 Å². The van der Waals surface area contributed by atoms with Gasteiger partial charge < -0.3 is 15.0 Å². The van der Waals surface area contributed by atoms with Crippen molar-refractivity contribution in [1.82, 2.24) is 15.3 Å². The number of ether oxygens (including phenoxy) is 1. The minimum Gasteiger partial charge on any atom is -0.465 e. The first-order valence-electron chi connectivity index (χ1n) is 7.78. The Balaban J connectivity index is 2.05. The molecule has 1 saturated carbocycles. The zero-order valence-electron chi connectivity index (χ0n) is 12.9. The van der Waals surface area contributed by atoms with Crippen molar-refractivity contribution in [3.8, 4) is 0 Å². The Labute approximate surface area is 130 Å². The molecule has 2 unspecified atom stereocenters. The third-order valence-corrected chi connectivity index (χ3v) is 5.02. The van der Waals surface area contributed by atoms with Crippen LogP contribution in [0.4, 0.5) is 0 Å². The third kappa shape index (κ3) is 4.23. The normalized spacial score (nSPS) is 25.7. The van der Waals surface area contributed by atoms with Gasteiger partial charge >= 0.3 is 5.97 Å². The summed E-state index contributed by atoms with van der Waals surface area (Å²) in [7, 11) is 0. The van der Waals surface area contributed by atoms with Crippen LogP contribution < -0.4 is 5.32 Å². The molecule has 1 aromatic heterocycles. The van der Waals surface area contributed by atoms with E-state index < -0.39 is 5.54 Å². The van der Waals surface area contributed by atoms with E-state index in [0.717, 1.165) is 43.8 Å². The number of aromatic amines is 1. The Morgan fingerprint density at radius 3 is 3.14 bits per heavy atom. The summed E-state index contributed by atoms with van der Waals surface area (Å²) in [4.78, 5) is 19.9. The van der Waals surface area contributed by atoms with Gasteiger partial charge in [-0.1, -0.05) is 18.7 Å². The lowest BCUT2D eigenvalue weighted by molar-refractivity contribution is -0.152. The number of hydrogen-bond acceptors (Lipinski definition) is 5. The SMILES string of the molecule is CCCNC1(C(=O)OCC)CCCC(Sc2ncc[nH]2)C1. The number of nitrogens with one attached hydrogen (secondary N) is 2. The highest BCUT2D eigenvalue weighted by molar-refractivity contribution is 7.99. The van der Waals surface area contributed by atoms with Crippen molar-refractivity contribution in [3.05, 3.63) is 12.4 Å². The fraction of sp³-hybridized carbons (Fsp3) is 0.733. The quantitative estimate of drug-likeness (QED) is 0.758. The molecule has 2 rings (SSSR count). The molecule has 118 valence electrons. The van der Waals surface area contributed by atoms with Gasteiger partial charge in [-0.05, 0) is 45.6 Å². The average molecular weight is 311 g/mol. The van der Waals surface area contributed by atoms with Crippen molar-refractivity contribution < 1.29 is 9.53 Å². The summed E-state index contributed by atoms with van der Waals surface area (Å²) >= 11 is 1.73. The maximum atomic E-state index is 12.5. The smallest absolute Gasteiger partial charge is 0.326 e. The van der Waals surface area contributed by atoms with Crippen LogP contribution in [0, 0.1) is 0 Å². The molecule has 1 aliphatic carbocycles. The van der Waals surface area contributed by atoms with Gasteiger partial charge in [-0.15, -0.1) is 0 Å². The largest absolute Gasteiger partial charge is 0.465 e. The molecule has 0 spiro atoms. The lowest BCUT2D eigenvalue weighted by atomic mass is 9.81. The van der Waals surface area contributed by atoms with Crippen LogP contribution in [0.15, 0.2) is 17.6 Å². The molecule has 0 bridgehead atoms. The Morgan fingerprint density at radius 1 is 1.62 bits per heavy atom. The molecule has 0 amide bonds. The van der Waals surface area contributed by atoms with Gasteiger partial charge in [0.25, 0.3) is 0 Å². The number of hydrogen-bond donors (Lipinski definition) is 2. The summed E-state index contributed by atoms with van der Waals surface area (Å²) < 4.78 is 5.33. The van der Waals surface area contributed by atoms with Gasteiger partial charge in [-0.3, -0.25) is 4.79 Å². The minimum absolute atomic E-state index is 0.0943. The number of rotatable bonds is 7. The molecule has 0 aromatic carbocycles. The highest BCUT2D eigenvalue weighted by Gasteiger charge is 2.43. The van der Waals surface area contributed by atoms with E-state index in [-0.39, 0.29) is 5.97 Å². The minimum atomic E-state index is -0.519. The number of imidazole rings is 1. The molecular formula is C15H25N3O2S. The number of nitrogens with zero attached hydrogens (tertiary/aromatic N) is 1. The van der Waals surface area contributed by atoms with Gasteiger partial charge in [0, 0.05) is 17.6 Å². The van der Waals surface area contributed by atoms with Crippen LogP contribution in [-0.4, -0.2) is 39.9 Å². The van der Waals surface area contributed by atoms with Crippen LogP contribution in [0.1, 0.15) is 46.0 Å². The van der Waals surface area contributed by atoms with E-state index in [0.29, 0.717) is 11.9 Å². The number of H-pyrrole nitrogens is 1. The van der Waals surface area contributed by atoms with Gasteiger partial charge in [0.2, 0.25) is 0 Å². The predicted molar refractivity (Wildman–Crippen MR) is 84.4 cm³/mol. The summed E-state index contributed by atoms with van der Waals surface area (Å²) in [5.41, 5.74) is -0.519. The van der Waals surface area contributed by atoms with Crippen LogP contribution in [0.5, 0.6) is 0 Å². The summed E-state index contributed by atoms with van der Waals surface area (Å²) in [5.74, 6) is -0.0943. The number of thioether (sulfide) groups is 1. The average Bonchev–Trinajstić information content (AvgIpc) is 2.98. The highest BCUT2D eigenvalue weighted by atomic mass is 32.2. The van der Waals surface area contributed by atoms with E-state index >= 15 is 0 Å². The van der Waals surface area contributed by atoms with Crippen LogP contribution in [0.3, 0.4) is 0 Å². The first kappa shape index (κ1) is 16.4. The van der Waals surface area contributed by atoms with Crippen LogP contribution >= 0.6 is 11.8 Å². The van der Waals surface area contributed by atoms with E-state index in [1.807, 2.05) is 13.1 Å². The third-order valence-electron chi connectivity index (χ3n) is 3.84. The number of aromatic nitrogens is 2. The predicted octanol–water partition coefficient (Wildman–Crippen LogP) is 2.75. The number of carbonyl (C=O) groups excluding carboxylic acids is 1. The summed E-state index contributed by atoms with van der Waals surface area (Å²) in [6.45, 7) is 5.26. The fourth-order valence-electron chi connectivity index (χ4n) is 2.85.